The van der Waals surface area contributed by atoms with Crippen LogP contribution in [-0.4, -0.2) is 36.5 Å². The van der Waals surface area contributed by atoms with Crippen LogP contribution in [0, 0.1) is 5.82 Å². The first kappa shape index (κ1) is 24.2. The number of fused-ring (bicyclic) bond motifs is 1. The fourth-order valence-corrected chi connectivity index (χ4v) is 3.54. The molecule has 0 bridgehead atoms. The molecule has 1 aromatic carbocycles. The molecule has 0 fully saturated rings. The Morgan fingerprint density at radius 3 is 2.40 bits per heavy atom. The zero-order valence-electron chi connectivity index (χ0n) is 18.3. The third-order valence-electron chi connectivity index (χ3n) is 5.32. The average Bonchev–Trinajstić information content (AvgIpc) is 3.45. The van der Waals surface area contributed by atoms with Gasteiger partial charge in [-0.05, 0) is 50.2 Å². The van der Waals surface area contributed by atoms with Gasteiger partial charge in [-0.15, -0.1) is 0 Å². The topological polar surface area (TPSA) is 77.1 Å². The summed E-state index contributed by atoms with van der Waals surface area (Å²) in [5.41, 5.74) is -1.88. The highest BCUT2D eigenvalue weighted by atomic mass is 19.4. The van der Waals surface area contributed by atoms with E-state index in [1.807, 2.05) is 6.92 Å². The van der Waals surface area contributed by atoms with Crippen LogP contribution in [0.3, 0.4) is 0 Å². The van der Waals surface area contributed by atoms with Crippen molar-refractivity contribution in [2.45, 2.75) is 38.5 Å². The van der Waals surface area contributed by atoms with Gasteiger partial charge in [0.25, 0.3) is 5.91 Å². The van der Waals surface area contributed by atoms with Crippen molar-refractivity contribution in [1.29, 1.82) is 0 Å². The summed E-state index contributed by atoms with van der Waals surface area (Å²) in [4.78, 5) is 16.8. The lowest BCUT2D eigenvalue weighted by Gasteiger charge is -2.21. The number of aromatic nitrogens is 5. The number of hydrogen-bond acceptors (Lipinski definition) is 4. The second-order valence-electron chi connectivity index (χ2n) is 7.67. The van der Waals surface area contributed by atoms with Crippen molar-refractivity contribution in [3.8, 4) is 11.3 Å². The number of carbonyl (C=O) groups excluding carboxylic acids is 1. The molecule has 4 aromatic rings. The lowest BCUT2D eigenvalue weighted by Crippen LogP contribution is -2.36. The molecule has 0 radical (unpaired) electrons. The molecule has 0 spiro atoms. The number of halogens is 6. The molecule has 1 unspecified atom stereocenters. The van der Waals surface area contributed by atoms with Gasteiger partial charge in [-0.25, -0.2) is 13.9 Å². The highest BCUT2D eigenvalue weighted by molar-refractivity contribution is 5.93. The predicted octanol–water partition coefficient (Wildman–Crippen LogP) is 4.90. The van der Waals surface area contributed by atoms with Crippen LogP contribution in [0.25, 0.3) is 16.9 Å². The van der Waals surface area contributed by atoms with Crippen LogP contribution >= 0.6 is 0 Å². The Hall–Kier alpha value is -3.90. The molecule has 1 atom stereocenters. The summed E-state index contributed by atoms with van der Waals surface area (Å²) in [6, 6.07) is 7.04. The Kier molecular flexibility index (Phi) is 6.03. The molecule has 3 aromatic heterocycles. The fraction of sp³-hybridized carbons (Fsp3) is 0.273. The van der Waals surface area contributed by atoms with E-state index in [9.17, 15) is 31.1 Å². The number of alkyl halides is 5. The first-order valence-electron chi connectivity index (χ1n) is 10.4. The molecule has 0 saturated carbocycles. The van der Waals surface area contributed by atoms with Crippen LogP contribution in [0.15, 0.2) is 48.7 Å². The Labute approximate surface area is 194 Å². The lowest BCUT2D eigenvalue weighted by molar-refractivity contribution is -0.291. The monoisotopic (exact) mass is 496 g/mol. The van der Waals surface area contributed by atoms with Gasteiger partial charge in [0.05, 0.1) is 17.4 Å². The number of amides is 1. The number of benzene rings is 1. The number of aryl methyl sites for hydroxylation is 1. The number of nitrogens with one attached hydrogen (secondary N) is 1. The summed E-state index contributed by atoms with van der Waals surface area (Å²) in [7, 11) is 0. The third-order valence-corrected chi connectivity index (χ3v) is 5.32. The van der Waals surface area contributed by atoms with Crippen LogP contribution in [0.5, 0.6) is 0 Å². The SMILES string of the molecule is CCn1nccc1C(C)NC(=O)c1cc2nc(-c3ccc(F)cc3)cc(C(F)(F)C(F)(F)F)n2n1. The summed E-state index contributed by atoms with van der Waals surface area (Å²) in [5.74, 6) is -6.75. The van der Waals surface area contributed by atoms with E-state index >= 15 is 0 Å². The summed E-state index contributed by atoms with van der Waals surface area (Å²) < 4.78 is 83.9. The smallest absolute Gasteiger partial charge is 0.343 e. The zero-order chi connectivity index (χ0) is 25.5. The second kappa shape index (κ2) is 8.71. The van der Waals surface area contributed by atoms with E-state index in [1.54, 1.807) is 23.9 Å². The standard InChI is InChI=1S/C22H18F6N6O/c1-3-33-17(8-9-29-33)12(2)30-20(35)16-11-19-31-15(13-4-6-14(23)7-5-13)10-18(34(19)32-16)21(24,25)22(26,27)28/h4-12H,3H2,1-2H3,(H,30,35). The van der Waals surface area contributed by atoms with Crippen LogP contribution in [0.4, 0.5) is 26.3 Å². The minimum Gasteiger partial charge on any atom is -0.343 e. The largest absolute Gasteiger partial charge is 0.459 e. The van der Waals surface area contributed by atoms with Gasteiger partial charge in [0.2, 0.25) is 0 Å². The van der Waals surface area contributed by atoms with Crippen LogP contribution in [-0.2, 0) is 12.5 Å². The highest BCUT2D eigenvalue weighted by Gasteiger charge is 2.60. The molecule has 0 aliphatic carbocycles. The van der Waals surface area contributed by atoms with Crippen LogP contribution < -0.4 is 5.32 Å². The van der Waals surface area contributed by atoms with E-state index in [1.165, 1.54) is 12.1 Å². The van der Waals surface area contributed by atoms with Gasteiger partial charge in [0, 0.05) is 24.4 Å². The average molecular weight is 496 g/mol. The lowest BCUT2D eigenvalue weighted by atomic mass is 10.1. The third kappa shape index (κ3) is 4.45. The van der Waals surface area contributed by atoms with Gasteiger partial charge >= 0.3 is 12.1 Å². The van der Waals surface area contributed by atoms with Gasteiger partial charge in [-0.3, -0.25) is 9.48 Å². The van der Waals surface area contributed by atoms with E-state index in [4.69, 9.17) is 0 Å². The Bertz CT molecular complexity index is 1380. The van der Waals surface area contributed by atoms with Crippen molar-refractivity contribution in [2.75, 3.05) is 0 Å². The van der Waals surface area contributed by atoms with Crippen molar-refractivity contribution in [1.82, 2.24) is 29.7 Å². The number of carbonyl (C=O) groups is 1. The van der Waals surface area contributed by atoms with Crippen molar-refractivity contribution in [3.05, 3.63) is 71.6 Å². The molecule has 7 nitrogen and oxygen atoms in total. The normalized spacial score (nSPS) is 13.3. The van der Waals surface area contributed by atoms with Crippen molar-refractivity contribution in [3.63, 3.8) is 0 Å². The van der Waals surface area contributed by atoms with E-state index in [2.05, 4.69) is 20.5 Å². The van der Waals surface area contributed by atoms with E-state index in [0.717, 1.165) is 18.2 Å². The van der Waals surface area contributed by atoms with Gasteiger partial charge in [-0.2, -0.15) is 32.1 Å². The van der Waals surface area contributed by atoms with Crippen molar-refractivity contribution >= 4 is 11.6 Å². The molecule has 13 heteroatoms. The minimum absolute atomic E-state index is 0.0989. The van der Waals surface area contributed by atoms with Crippen molar-refractivity contribution in [2.24, 2.45) is 0 Å². The Balaban J connectivity index is 1.79. The number of rotatable bonds is 6. The fourth-order valence-electron chi connectivity index (χ4n) is 3.54. The molecule has 1 N–H and O–H groups in total. The quantitative estimate of drug-likeness (QED) is 0.386. The van der Waals surface area contributed by atoms with Crippen LogP contribution in [0.1, 0.15) is 41.8 Å². The molecule has 1 amide bonds. The number of hydrogen-bond donors (Lipinski definition) is 1. The molecule has 3 heterocycles. The molecular weight excluding hydrogens is 478 g/mol. The molecule has 4 rings (SSSR count). The maximum absolute atomic E-state index is 14.5. The minimum atomic E-state index is -5.94. The Morgan fingerprint density at radius 1 is 1.09 bits per heavy atom. The Morgan fingerprint density at radius 2 is 1.77 bits per heavy atom. The van der Waals surface area contributed by atoms with Crippen LogP contribution in [0.2, 0.25) is 0 Å². The summed E-state index contributed by atoms with van der Waals surface area (Å²) in [6.45, 7) is 4.04. The zero-order valence-corrected chi connectivity index (χ0v) is 18.3. The first-order valence-corrected chi connectivity index (χ1v) is 10.4. The molecule has 35 heavy (non-hydrogen) atoms. The molecule has 0 aliphatic rings. The maximum atomic E-state index is 14.5. The van der Waals surface area contributed by atoms with Crippen molar-refractivity contribution < 1.29 is 31.1 Å². The van der Waals surface area contributed by atoms with E-state index in [-0.39, 0.29) is 15.8 Å². The first-order chi connectivity index (χ1) is 16.4. The van der Waals surface area contributed by atoms with Gasteiger partial charge in [0.15, 0.2) is 11.3 Å². The maximum Gasteiger partial charge on any atom is 0.459 e. The highest BCUT2D eigenvalue weighted by Crippen LogP contribution is 2.44. The van der Waals surface area contributed by atoms with E-state index < -0.39 is 46.9 Å². The van der Waals surface area contributed by atoms with Gasteiger partial charge < -0.3 is 5.32 Å². The predicted molar refractivity (Wildman–Crippen MR) is 112 cm³/mol. The van der Waals surface area contributed by atoms with Gasteiger partial charge in [0.1, 0.15) is 11.5 Å². The second-order valence-corrected chi connectivity index (χ2v) is 7.67. The van der Waals surface area contributed by atoms with E-state index in [0.29, 0.717) is 18.3 Å². The molecule has 0 saturated heterocycles. The number of nitrogens with zero attached hydrogens (tertiary/aromatic N) is 5. The molecule has 0 aliphatic heterocycles. The molecule has 184 valence electrons. The molecular formula is C22H18F6N6O. The summed E-state index contributed by atoms with van der Waals surface area (Å²) in [6.07, 6.45) is -4.40. The summed E-state index contributed by atoms with van der Waals surface area (Å²) in [5, 5.41) is 10.4. The van der Waals surface area contributed by atoms with Gasteiger partial charge in [-0.1, -0.05) is 0 Å². The summed E-state index contributed by atoms with van der Waals surface area (Å²) >= 11 is 0.